The van der Waals surface area contributed by atoms with Crippen LogP contribution in [0, 0.1) is 0 Å². The summed E-state index contributed by atoms with van der Waals surface area (Å²) in [5.74, 6) is 1.04. The van der Waals surface area contributed by atoms with Gasteiger partial charge in [0.05, 0.1) is 15.5 Å². The first kappa shape index (κ1) is 18.5. The number of ether oxygens (including phenoxy) is 2. The normalized spacial score (nSPS) is 13.2. The monoisotopic (exact) mass is 415 g/mol. The maximum Gasteiger partial charge on any atom is 0.265 e. The lowest BCUT2D eigenvalue weighted by Gasteiger charge is -2.18. The fourth-order valence-corrected chi connectivity index (χ4v) is 4.63. The van der Waals surface area contributed by atoms with Crippen LogP contribution in [0.25, 0.3) is 10.4 Å². The van der Waals surface area contributed by atoms with Gasteiger partial charge in [-0.3, -0.25) is 4.79 Å². The number of sulfone groups is 1. The van der Waals surface area contributed by atoms with Gasteiger partial charge in [-0.2, -0.15) is 0 Å². The van der Waals surface area contributed by atoms with Crippen molar-refractivity contribution < 1.29 is 22.7 Å². The standard InChI is InChI=1S/C20H17NO5S2/c1-28(23,24)19-5-3-2-4-14(19)21-20(22)18-9-8-17(27-18)13-6-7-15-16(12-13)26-11-10-25-15/h2-9,12H,10-11H2,1H3,(H,21,22). The van der Waals surface area contributed by atoms with E-state index in [1.54, 1.807) is 24.3 Å². The average molecular weight is 415 g/mol. The molecule has 1 aliphatic rings. The predicted octanol–water partition coefficient (Wildman–Crippen LogP) is 3.84. The van der Waals surface area contributed by atoms with E-state index in [1.165, 1.54) is 17.4 Å². The topological polar surface area (TPSA) is 81.7 Å². The highest BCUT2D eigenvalue weighted by Gasteiger charge is 2.18. The van der Waals surface area contributed by atoms with E-state index in [9.17, 15) is 13.2 Å². The van der Waals surface area contributed by atoms with Gasteiger partial charge in [0.15, 0.2) is 21.3 Å². The average Bonchev–Trinajstić information content (AvgIpc) is 3.17. The molecule has 0 saturated heterocycles. The summed E-state index contributed by atoms with van der Waals surface area (Å²) in [4.78, 5) is 14.1. The third-order valence-corrected chi connectivity index (χ3v) is 6.48. The van der Waals surface area contributed by atoms with Gasteiger partial charge in [0, 0.05) is 11.1 Å². The molecule has 3 aromatic rings. The number of fused-ring (bicyclic) bond motifs is 1. The minimum absolute atomic E-state index is 0.0898. The van der Waals surface area contributed by atoms with E-state index in [1.807, 2.05) is 24.3 Å². The van der Waals surface area contributed by atoms with Crippen molar-refractivity contribution in [2.75, 3.05) is 24.8 Å². The number of hydrogen-bond donors (Lipinski definition) is 1. The van der Waals surface area contributed by atoms with Crippen molar-refractivity contribution in [2.45, 2.75) is 4.90 Å². The van der Waals surface area contributed by atoms with Crippen LogP contribution in [0.2, 0.25) is 0 Å². The molecule has 0 radical (unpaired) electrons. The van der Waals surface area contributed by atoms with E-state index in [4.69, 9.17) is 9.47 Å². The van der Waals surface area contributed by atoms with Crippen LogP contribution in [0.4, 0.5) is 5.69 Å². The number of nitrogens with one attached hydrogen (secondary N) is 1. The van der Waals surface area contributed by atoms with E-state index in [0.717, 1.165) is 16.7 Å². The summed E-state index contributed by atoms with van der Waals surface area (Å²) in [5, 5.41) is 2.70. The Morgan fingerprint density at radius 3 is 2.54 bits per heavy atom. The molecule has 0 aliphatic carbocycles. The van der Waals surface area contributed by atoms with Crippen LogP contribution in [0.1, 0.15) is 9.67 Å². The van der Waals surface area contributed by atoms with Gasteiger partial charge in [0.25, 0.3) is 5.91 Å². The second-order valence-corrected chi connectivity index (χ2v) is 9.31. The van der Waals surface area contributed by atoms with E-state index in [-0.39, 0.29) is 16.5 Å². The van der Waals surface area contributed by atoms with Crippen LogP contribution < -0.4 is 14.8 Å². The molecule has 4 rings (SSSR count). The van der Waals surface area contributed by atoms with Crippen molar-refractivity contribution in [1.29, 1.82) is 0 Å². The molecule has 0 unspecified atom stereocenters. The van der Waals surface area contributed by atoms with Crippen molar-refractivity contribution in [3.63, 3.8) is 0 Å². The largest absolute Gasteiger partial charge is 0.486 e. The fraction of sp³-hybridized carbons (Fsp3) is 0.150. The molecule has 1 aromatic heterocycles. The van der Waals surface area contributed by atoms with Gasteiger partial charge in [0.2, 0.25) is 0 Å². The fourth-order valence-electron chi connectivity index (χ4n) is 2.89. The van der Waals surface area contributed by atoms with Crippen molar-refractivity contribution in [3.8, 4) is 21.9 Å². The third-order valence-electron chi connectivity index (χ3n) is 4.19. The first-order chi connectivity index (χ1) is 13.4. The second-order valence-electron chi connectivity index (χ2n) is 6.24. The van der Waals surface area contributed by atoms with Crippen LogP contribution in [0.5, 0.6) is 11.5 Å². The van der Waals surface area contributed by atoms with Gasteiger partial charge in [-0.15, -0.1) is 11.3 Å². The maximum absolute atomic E-state index is 12.6. The number of benzene rings is 2. The first-order valence-corrected chi connectivity index (χ1v) is 11.2. The van der Waals surface area contributed by atoms with Crippen LogP contribution in [-0.4, -0.2) is 33.8 Å². The SMILES string of the molecule is CS(=O)(=O)c1ccccc1NC(=O)c1ccc(-c2ccc3c(c2)OCCO3)s1. The molecule has 0 bridgehead atoms. The summed E-state index contributed by atoms with van der Waals surface area (Å²) in [6.45, 7) is 1.04. The number of carbonyl (C=O) groups excluding carboxylic acids is 1. The zero-order valence-corrected chi connectivity index (χ0v) is 16.6. The first-order valence-electron chi connectivity index (χ1n) is 8.52. The maximum atomic E-state index is 12.6. The summed E-state index contributed by atoms with van der Waals surface area (Å²) in [5.41, 5.74) is 1.19. The van der Waals surface area contributed by atoms with Crippen LogP contribution in [0.15, 0.2) is 59.5 Å². The van der Waals surface area contributed by atoms with E-state index in [2.05, 4.69) is 5.32 Å². The Bertz CT molecular complexity index is 1150. The lowest BCUT2D eigenvalue weighted by atomic mass is 10.1. The summed E-state index contributed by atoms with van der Waals surface area (Å²) >= 11 is 1.32. The van der Waals surface area contributed by atoms with E-state index >= 15 is 0 Å². The molecule has 2 aromatic carbocycles. The molecule has 144 valence electrons. The third kappa shape index (κ3) is 3.74. The van der Waals surface area contributed by atoms with Gasteiger partial charge >= 0.3 is 0 Å². The Morgan fingerprint density at radius 2 is 1.75 bits per heavy atom. The minimum atomic E-state index is -3.44. The number of amides is 1. The highest BCUT2D eigenvalue weighted by molar-refractivity contribution is 7.90. The number of anilines is 1. The smallest absolute Gasteiger partial charge is 0.265 e. The zero-order valence-electron chi connectivity index (χ0n) is 15.0. The number of rotatable bonds is 4. The molecule has 1 aliphatic heterocycles. The van der Waals surface area contributed by atoms with Crippen LogP contribution in [-0.2, 0) is 9.84 Å². The molecule has 1 amide bonds. The summed E-state index contributed by atoms with van der Waals surface area (Å²) in [7, 11) is -3.44. The highest BCUT2D eigenvalue weighted by Crippen LogP contribution is 2.37. The number of thiophene rings is 1. The summed E-state index contributed by atoms with van der Waals surface area (Å²) < 4.78 is 35.0. The molecule has 8 heteroatoms. The van der Waals surface area contributed by atoms with Gasteiger partial charge in [-0.1, -0.05) is 12.1 Å². The molecular formula is C20H17NO5S2. The van der Waals surface area contributed by atoms with Crippen molar-refractivity contribution in [3.05, 3.63) is 59.5 Å². The van der Waals surface area contributed by atoms with E-state index < -0.39 is 9.84 Å². The van der Waals surface area contributed by atoms with Gasteiger partial charge in [-0.25, -0.2) is 8.42 Å². The van der Waals surface area contributed by atoms with Gasteiger partial charge in [0.1, 0.15) is 13.2 Å². The molecule has 0 fully saturated rings. The quantitative estimate of drug-likeness (QED) is 0.700. The number of carbonyl (C=O) groups is 1. The Hall–Kier alpha value is -2.84. The van der Waals surface area contributed by atoms with Crippen molar-refractivity contribution in [2.24, 2.45) is 0 Å². The lowest BCUT2D eigenvalue weighted by molar-refractivity contribution is 0.103. The van der Waals surface area contributed by atoms with Crippen molar-refractivity contribution in [1.82, 2.24) is 0 Å². The zero-order chi connectivity index (χ0) is 19.7. The molecule has 0 spiro atoms. The molecule has 28 heavy (non-hydrogen) atoms. The van der Waals surface area contributed by atoms with E-state index in [0.29, 0.717) is 29.6 Å². The number of para-hydroxylation sites is 1. The highest BCUT2D eigenvalue weighted by atomic mass is 32.2. The van der Waals surface area contributed by atoms with Crippen LogP contribution in [0.3, 0.4) is 0 Å². The molecule has 0 saturated carbocycles. The Kier molecular flexibility index (Phi) is 4.82. The number of hydrogen-bond acceptors (Lipinski definition) is 6. The Balaban J connectivity index is 1.58. The summed E-state index contributed by atoms with van der Waals surface area (Å²) in [6, 6.07) is 15.6. The molecule has 0 atom stereocenters. The van der Waals surface area contributed by atoms with Crippen LogP contribution >= 0.6 is 11.3 Å². The Labute approximate surface area is 166 Å². The lowest BCUT2D eigenvalue weighted by Crippen LogP contribution is -2.15. The predicted molar refractivity (Wildman–Crippen MR) is 108 cm³/mol. The van der Waals surface area contributed by atoms with Gasteiger partial charge < -0.3 is 14.8 Å². The summed E-state index contributed by atoms with van der Waals surface area (Å²) in [6.07, 6.45) is 1.11. The van der Waals surface area contributed by atoms with Crippen molar-refractivity contribution >= 4 is 32.8 Å². The molecule has 2 heterocycles. The minimum Gasteiger partial charge on any atom is -0.486 e. The molecule has 6 nitrogen and oxygen atoms in total. The van der Waals surface area contributed by atoms with Gasteiger partial charge in [-0.05, 0) is 48.0 Å². The molecular weight excluding hydrogens is 398 g/mol. The molecule has 1 N–H and O–H groups in total. The Morgan fingerprint density at radius 1 is 1.00 bits per heavy atom. The second kappa shape index (κ2) is 7.29.